The van der Waals surface area contributed by atoms with Crippen molar-refractivity contribution >= 4 is 0 Å². The van der Waals surface area contributed by atoms with Crippen LogP contribution in [0.15, 0.2) is 36.8 Å². The lowest BCUT2D eigenvalue weighted by Gasteiger charge is -2.18. The van der Waals surface area contributed by atoms with Crippen LogP contribution in [0, 0.1) is 24.4 Å². The zero-order valence-electron chi connectivity index (χ0n) is 12.9. The van der Waals surface area contributed by atoms with Crippen molar-refractivity contribution in [3.63, 3.8) is 0 Å². The van der Waals surface area contributed by atoms with Gasteiger partial charge in [0.15, 0.2) is 0 Å². The molecular weight excluding hydrogens is 303 g/mol. The molecule has 1 aliphatic heterocycles. The maximum absolute atomic E-state index is 14.3. The van der Waals surface area contributed by atoms with Gasteiger partial charge < -0.3 is 9.80 Å². The first-order valence-corrected chi connectivity index (χ1v) is 7.17. The number of rotatable bonds is 3. The molecule has 3 rings (SSSR count). The van der Waals surface area contributed by atoms with Crippen LogP contribution in [0.2, 0.25) is 0 Å². The molecule has 0 unspecified atom stereocenters. The van der Waals surface area contributed by atoms with Crippen molar-refractivity contribution in [3.05, 3.63) is 65.4 Å². The lowest BCUT2D eigenvalue weighted by molar-refractivity contribution is 0.290. The average molecular weight is 319 g/mol. The van der Waals surface area contributed by atoms with Gasteiger partial charge in [-0.1, -0.05) is 0 Å². The molecule has 0 saturated heterocycles. The maximum atomic E-state index is 14.3. The third-order valence-electron chi connectivity index (χ3n) is 3.80. The second-order valence-electron chi connectivity index (χ2n) is 5.65. The fraction of sp³-hybridized carbons (Fsp3) is 0.235. The van der Waals surface area contributed by atoms with Gasteiger partial charge in [0.2, 0.25) is 0 Å². The summed E-state index contributed by atoms with van der Waals surface area (Å²) in [5.74, 6) is -2.06. The molecule has 6 heteroatoms. The van der Waals surface area contributed by atoms with E-state index < -0.39 is 17.5 Å². The lowest BCUT2D eigenvalue weighted by atomic mass is 10.1. The molecule has 0 spiro atoms. The molecule has 0 amide bonds. The molecule has 0 bridgehead atoms. The lowest BCUT2D eigenvalue weighted by Crippen LogP contribution is -2.22. The normalized spacial score (nSPS) is 14.0. The van der Waals surface area contributed by atoms with Crippen molar-refractivity contribution in [1.29, 1.82) is 0 Å². The fourth-order valence-electron chi connectivity index (χ4n) is 2.53. The highest BCUT2D eigenvalue weighted by Gasteiger charge is 2.17. The summed E-state index contributed by atoms with van der Waals surface area (Å²) in [5.41, 5.74) is 0.403. The number of pyridine rings is 1. The van der Waals surface area contributed by atoms with Gasteiger partial charge in [-0.2, -0.15) is 0 Å². The Morgan fingerprint density at radius 1 is 1.13 bits per heavy atom. The quantitative estimate of drug-likeness (QED) is 0.861. The van der Waals surface area contributed by atoms with E-state index in [1.165, 1.54) is 25.3 Å². The molecule has 1 aromatic heterocycles. The summed E-state index contributed by atoms with van der Waals surface area (Å²) in [6.45, 7) is 2.54. The number of benzene rings is 1. The summed E-state index contributed by atoms with van der Waals surface area (Å²) in [6, 6.07) is 3.67. The van der Waals surface area contributed by atoms with Crippen LogP contribution in [0.4, 0.5) is 13.2 Å². The number of aromatic nitrogens is 1. The maximum Gasteiger partial charge on any atom is 0.149 e. The molecule has 120 valence electrons. The van der Waals surface area contributed by atoms with Gasteiger partial charge in [0.05, 0.1) is 6.67 Å². The Morgan fingerprint density at radius 2 is 1.91 bits per heavy atom. The first-order valence-electron chi connectivity index (χ1n) is 7.17. The van der Waals surface area contributed by atoms with E-state index in [2.05, 4.69) is 4.98 Å². The molecule has 23 heavy (non-hydrogen) atoms. The van der Waals surface area contributed by atoms with Gasteiger partial charge in [0.25, 0.3) is 0 Å². The van der Waals surface area contributed by atoms with E-state index in [1.807, 2.05) is 29.2 Å². The Kier molecular flexibility index (Phi) is 3.98. The SMILES string of the molecule is Cc1c(F)ccc(-c2ncc(CN3C=CN(C)C3)cc2F)c1F. The summed E-state index contributed by atoms with van der Waals surface area (Å²) in [7, 11) is 1.94. The molecule has 0 fully saturated rings. The van der Waals surface area contributed by atoms with Crippen LogP contribution in [0.5, 0.6) is 0 Å². The molecule has 0 atom stereocenters. The van der Waals surface area contributed by atoms with E-state index in [4.69, 9.17) is 0 Å². The summed E-state index contributed by atoms with van der Waals surface area (Å²) in [4.78, 5) is 8.03. The topological polar surface area (TPSA) is 19.4 Å². The van der Waals surface area contributed by atoms with Crippen molar-refractivity contribution in [3.8, 4) is 11.3 Å². The van der Waals surface area contributed by atoms with Gasteiger partial charge in [-0.3, -0.25) is 4.98 Å². The first kappa shape index (κ1) is 15.4. The van der Waals surface area contributed by atoms with E-state index in [9.17, 15) is 13.2 Å². The fourth-order valence-corrected chi connectivity index (χ4v) is 2.53. The van der Waals surface area contributed by atoms with Gasteiger partial charge in [0.1, 0.15) is 23.1 Å². The smallest absolute Gasteiger partial charge is 0.149 e. The van der Waals surface area contributed by atoms with Crippen molar-refractivity contribution < 1.29 is 13.2 Å². The van der Waals surface area contributed by atoms with Crippen LogP contribution >= 0.6 is 0 Å². The molecule has 2 heterocycles. The minimum atomic E-state index is -0.784. The van der Waals surface area contributed by atoms with Crippen LogP contribution in [0.1, 0.15) is 11.1 Å². The second-order valence-corrected chi connectivity index (χ2v) is 5.65. The first-order chi connectivity index (χ1) is 11.0. The summed E-state index contributed by atoms with van der Waals surface area (Å²) in [6.07, 6.45) is 5.35. The third kappa shape index (κ3) is 3.02. The standard InChI is InChI=1S/C17H16F3N3/c1-11-14(18)4-3-13(16(11)20)17-15(19)7-12(8-21-17)9-23-6-5-22(2)10-23/h3-8H,9-10H2,1-2H3. The molecule has 0 N–H and O–H groups in total. The molecule has 1 aromatic carbocycles. The highest BCUT2D eigenvalue weighted by atomic mass is 19.1. The molecule has 0 saturated carbocycles. The van der Waals surface area contributed by atoms with Gasteiger partial charge >= 0.3 is 0 Å². The Balaban J connectivity index is 1.88. The molecule has 0 radical (unpaired) electrons. The zero-order chi connectivity index (χ0) is 16.6. The number of halogens is 3. The third-order valence-corrected chi connectivity index (χ3v) is 3.80. The van der Waals surface area contributed by atoms with E-state index in [-0.39, 0.29) is 16.8 Å². The van der Waals surface area contributed by atoms with Crippen LogP contribution in [-0.4, -0.2) is 28.5 Å². The number of hydrogen-bond donors (Lipinski definition) is 0. The predicted molar refractivity (Wildman–Crippen MR) is 81.6 cm³/mol. The van der Waals surface area contributed by atoms with Gasteiger partial charge in [0, 0.05) is 43.3 Å². The van der Waals surface area contributed by atoms with Crippen molar-refractivity contribution in [1.82, 2.24) is 14.8 Å². The van der Waals surface area contributed by atoms with E-state index in [0.717, 1.165) is 12.7 Å². The number of nitrogens with zero attached hydrogens (tertiary/aromatic N) is 3. The van der Waals surface area contributed by atoms with Crippen LogP contribution in [0.3, 0.4) is 0 Å². The second kappa shape index (κ2) is 5.95. The number of hydrogen-bond acceptors (Lipinski definition) is 3. The molecular formula is C17H16F3N3. The van der Waals surface area contributed by atoms with Gasteiger partial charge in [-0.05, 0) is 30.7 Å². The van der Waals surface area contributed by atoms with Crippen LogP contribution in [-0.2, 0) is 6.54 Å². The van der Waals surface area contributed by atoms with Gasteiger partial charge in [-0.25, -0.2) is 13.2 Å². The molecule has 2 aromatic rings. The Labute approximate surface area is 132 Å². The largest absolute Gasteiger partial charge is 0.362 e. The summed E-state index contributed by atoms with van der Waals surface area (Å²) < 4.78 is 41.8. The van der Waals surface area contributed by atoms with E-state index >= 15 is 0 Å². The van der Waals surface area contributed by atoms with Crippen molar-refractivity contribution in [2.45, 2.75) is 13.5 Å². The minimum absolute atomic E-state index is 0.0336. The van der Waals surface area contributed by atoms with Crippen LogP contribution in [0.25, 0.3) is 11.3 Å². The minimum Gasteiger partial charge on any atom is -0.362 e. The Morgan fingerprint density at radius 3 is 2.57 bits per heavy atom. The molecule has 1 aliphatic rings. The highest BCUT2D eigenvalue weighted by molar-refractivity contribution is 5.62. The molecule has 3 nitrogen and oxygen atoms in total. The Hall–Kier alpha value is -2.50. The van der Waals surface area contributed by atoms with E-state index in [0.29, 0.717) is 12.1 Å². The summed E-state index contributed by atoms with van der Waals surface area (Å²) in [5, 5.41) is 0. The summed E-state index contributed by atoms with van der Waals surface area (Å²) >= 11 is 0. The van der Waals surface area contributed by atoms with E-state index in [1.54, 1.807) is 0 Å². The van der Waals surface area contributed by atoms with Gasteiger partial charge in [-0.15, -0.1) is 0 Å². The Bertz CT molecular complexity index is 774. The van der Waals surface area contributed by atoms with Crippen molar-refractivity contribution in [2.24, 2.45) is 0 Å². The zero-order valence-corrected chi connectivity index (χ0v) is 12.9. The van der Waals surface area contributed by atoms with Crippen LogP contribution < -0.4 is 0 Å². The average Bonchev–Trinajstić information content (AvgIpc) is 2.91. The highest BCUT2D eigenvalue weighted by Crippen LogP contribution is 2.27. The van der Waals surface area contributed by atoms with Crippen molar-refractivity contribution in [2.75, 3.05) is 13.7 Å². The predicted octanol–water partition coefficient (Wildman–Crippen LogP) is 3.65. The molecule has 0 aliphatic carbocycles. The monoisotopic (exact) mass is 319 g/mol.